The predicted molar refractivity (Wildman–Crippen MR) is 48.7 cm³/mol. The standard InChI is InChI=1S/C7H9FINO2/c8-7(2-9)6(3-10-4-6)1-5(11)12-7/h10H,1-4H2. The van der Waals surface area contributed by atoms with Crippen molar-refractivity contribution in [1.29, 1.82) is 0 Å². The zero-order valence-electron chi connectivity index (χ0n) is 6.40. The van der Waals surface area contributed by atoms with Crippen LogP contribution in [0.4, 0.5) is 4.39 Å². The molecule has 2 aliphatic heterocycles. The average molecular weight is 285 g/mol. The molecule has 1 unspecified atom stereocenters. The molecule has 0 aliphatic carbocycles. The van der Waals surface area contributed by atoms with Crippen molar-refractivity contribution in [3.05, 3.63) is 0 Å². The first-order valence-corrected chi connectivity index (χ1v) is 5.32. The van der Waals surface area contributed by atoms with Crippen molar-refractivity contribution in [2.24, 2.45) is 5.41 Å². The lowest BCUT2D eigenvalue weighted by Gasteiger charge is -2.43. The van der Waals surface area contributed by atoms with Gasteiger partial charge in [-0.25, -0.2) is 0 Å². The second-order valence-electron chi connectivity index (χ2n) is 3.40. The normalized spacial score (nSPS) is 38.0. The molecule has 2 heterocycles. The Balaban J connectivity index is 2.26. The minimum Gasteiger partial charge on any atom is -0.427 e. The third-order valence-corrected chi connectivity index (χ3v) is 3.63. The maximum absolute atomic E-state index is 13.9. The lowest BCUT2D eigenvalue weighted by atomic mass is 9.74. The molecule has 0 aromatic rings. The monoisotopic (exact) mass is 285 g/mol. The quantitative estimate of drug-likeness (QED) is 0.436. The van der Waals surface area contributed by atoms with E-state index in [0.29, 0.717) is 13.1 Å². The Morgan fingerprint density at radius 1 is 1.67 bits per heavy atom. The Morgan fingerprint density at radius 3 is 2.67 bits per heavy atom. The number of hydrogen-bond donors (Lipinski definition) is 1. The summed E-state index contributed by atoms with van der Waals surface area (Å²) >= 11 is 1.92. The topological polar surface area (TPSA) is 38.3 Å². The van der Waals surface area contributed by atoms with E-state index in [4.69, 9.17) is 4.74 Å². The molecule has 68 valence electrons. The Bertz CT molecular complexity index is 218. The predicted octanol–water partition coefficient (Wildman–Crippen LogP) is 0.624. The van der Waals surface area contributed by atoms with Crippen molar-refractivity contribution in [1.82, 2.24) is 5.32 Å². The van der Waals surface area contributed by atoms with Gasteiger partial charge >= 0.3 is 5.97 Å². The molecule has 0 amide bonds. The maximum Gasteiger partial charge on any atom is 0.309 e. The van der Waals surface area contributed by atoms with E-state index in [2.05, 4.69) is 5.32 Å². The molecule has 0 bridgehead atoms. The van der Waals surface area contributed by atoms with E-state index in [1.165, 1.54) is 0 Å². The number of carbonyl (C=O) groups excluding carboxylic acids is 1. The van der Waals surface area contributed by atoms with Crippen molar-refractivity contribution in [2.75, 3.05) is 17.5 Å². The number of hydrogen-bond acceptors (Lipinski definition) is 3. The molecular formula is C7H9FINO2. The van der Waals surface area contributed by atoms with Gasteiger partial charge in [0.2, 0.25) is 0 Å². The van der Waals surface area contributed by atoms with E-state index in [-0.39, 0.29) is 10.8 Å². The van der Waals surface area contributed by atoms with Crippen LogP contribution in [-0.4, -0.2) is 29.3 Å². The van der Waals surface area contributed by atoms with Gasteiger partial charge in [-0.2, -0.15) is 4.39 Å². The van der Waals surface area contributed by atoms with Crippen molar-refractivity contribution in [3.63, 3.8) is 0 Å². The van der Waals surface area contributed by atoms with Gasteiger partial charge in [0.15, 0.2) is 0 Å². The van der Waals surface area contributed by atoms with Gasteiger partial charge in [-0.1, -0.05) is 22.6 Å². The zero-order chi connectivity index (χ0) is 8.82. The SMILES string of the molecule is O=C1CC2(CNC2)C(F)(CI)O1. The molecule has 2 aliphatic rings. The molecule has 1 N–H and O–H groups in total. The summed E-state index contributed by atoms with van der Waals surface area (Å²) in [6, 6.07) is 0. The molecule has 1 atom stereocenters. The number of esters is 1. The molecule has 1 spiro atoms. The van der Waals surface area contributed by atoms with Gasteiger partial charge in [0.1, 0.15) is 0 Å². The van der Waals surface area contributed by atoms with E-state index in [1.807, 2.05) is 22.6 Å². The number of halogens is 2. The van der Waals surface area contributed by atoms with Gasteiger partial charge in [0, 0.05) is 13.1 Å². The number of ether oxygens (including phenoxy) is 1. The van der Waals surface area contributed by atoms with Crippen LogP contribution in [0.3, 0.4) is 0 Å². The van der Waals surface area contributed by atoms with E-state index < -0.39 is 17.2 Å². The van der Waals surface area contributed by atoms with Gasteiger partial charge in [0.05, 0.1) is 16.3 Å². The molecule has 0 aromatic carbocycles. The Hall–Kier alpha value is 0.0900. The van der Waals surface area contributed by atoms with Gasteiger partial charge < -0.3 is 10.1 Å². The fourth-order valence-corrected chi connectivity index (χ4v) is 2.68. The van der Waals surface area contributed by atoms with Gasteiger partial charge in [0.25, 0.3) is 5.85 Å². The van der Waals surface area contributed by atoms with Crippen LogP contribution in [0.2, 0.25) is 0 Å². The highest BCUT2D eigenvalue weighted by Gasteiger charge is 2.64. The molecule has 5 heteroatoms. The number of carbonyl (C=O) groups is 1. The summed E-state index contributed by atoms with van der Waals surface area (Å²) in [5.74, 6) is -2.13. The summed E-state index contributed by atoms with van der Waals surface area (Å²) in [5.41, 5.74) is -0.564. The van der Waals surface area contributed by atoms with Crippen molar-refractivity contribution < 1.29 is 13.9 Å². The van der Waals surface area contributed by atoms with Crippen molar-refractivity contribution in [3.8, 4) is 0 Å². The molecule has 2 saturated heterocycles. The van der Waals surface area contributed by atoms with E-state index in [1.54, 1.807) is 0 Å². The van der Waals surface area contributed by atoms with Crippen LogP contribution in [-0.2, 0) is 9.53 Å². The zero-order valence-corrected chi connectivity index (χ0v) is 8.56. The minimum atomic E-state index is -1.73. The molecule has 2 fully saturated rings. The Kier molecular flexibility index (Phi) is 1.84. The smallest absolute Gasteiger partial charge is 0.309 e. The second kappa shape index (κ2) is 2.54. The molecule has 0 aromatic heterocycles. The van der Waals surface area contributed by atoms with Crippen LogP contribution in [0.25, 0.3) is 0 Å². The van der Waals surface area contributed by atoms with Crippen LogP contribution < -0.4 is 5.32 Å². The lowest BCUT2D eigenvalue weighted by molar-refractivity contribution is -0.179. The summed E-state index contributed by atoms with van der Waals surface area (Å²) in [5, 5.41) is 2.98. The molecule has 2 rings (SSSR count). The molecule has 3 nitrogen and oxygen atoms in total. The Morgan fingerprint density at radius 2 is 2.33 bits per heavy atom. The van der Waals surface area contributed by atoms with Gasteiger partial charge in [-0.3, -0.25) is 4.79 Å². The molecule has 0 radical (unpaired) electrons. The van der Waals surface area contributed by atoms with Crippen molar-refractivity contribution in [2.45, 2.75) is 12.3 Å². The first kappa shape index (κ1) is 8.68. The summed E-state index contributed by atoms with van der Waals surface area (Å²) in [4.78, 5) is 10.9. The fourth-order valence-electron chi connectivity index (χ4n) is 1.72. The van der Waals surface area contributed by atoms with Gasteiger partial charge in [-0.05, 0) is 0 Å². The largest absolute Gasteiger partial charge is 0.427 e. The van der Waals surface area contributed by atoms with Crippen LogP contribution in [0.1, 0.15) is 6.42 Å². The highest BCUT2D eigenvalue weighted by molar-refractivity contribution is 14.1. The average Bonchev–Trinajstić information content (AvgIpc) is 2.22. The summed E-state index contributed by atoms with van der Waals surface area (Å²) in [6.45, 7) is 1.11. The third kappa shape index (κ3) is 0.921. The van der Waals surface area contributed by atoms with Crippen LogP contribution in [0, 0.1) is 5.41 Å². The van der Waals surface area contributed by atoms with E-state index >= 15 is 0 Å². The highest BCUT2D eigenvalue weighted by atomic mass is 127. The summed E-state index contributed by atoms with van der Waals surface area (Å²) in [7, 11) is 0. The molecule has 0 saturated carbocycles. The van der Waals surface area contributed by atoms with E-state index in [0.717, 1.165) is 0 Å². The van der Waals surface area contributed by atoms with Crippen molar-refractivity contribution >= 4 is 28.6 Å². The number of rotatable bonds is 1. The highest BCUT2D eigenvalue weighted by Crippen LogP contribution is 2.49. The fraction of sp³-hybridized carbons (Fsp3) is 0.857. The molecule has 12 heavy (non-hydrogen) atoms. The van der Waals surface area contributed by atoms with Crippen LogP contribution in [0.5, 0.6) is 0 Å². The molecular weight excluding hydrogens is 276 g/mol. The van der Waals surface area contributed by atoms with Crippen LogP contribution >= 0.6 is 22.6 Å². The number of alkyl halides is 2. The Labute approximate surface area is 83.2 Å². The minimum absolute atomic E-state index is 0.220. The lowest BCUT2D eigenvalue weighted by Crippen LogP contribution is -2.62. The van der Waals surface area contributed by atoms with E-state index in [9.17, 15) is 9.18 Å². The first-order valence-electron chi connectivity index (χ1n) is 3.79. The van der Waals surface area contributed by atoms with Crippen LogP contribution in [0.15, 0.2) is 0 Å². The van der Waals surface area contributed by atoms with Gasteiger partial charge in [-0.15, -0.1) is 0 Å². The summed E-state index contributed by atoms with van der Waals surface area (Å²) < 4.78 is 18.8. The number of nitrogens with one attached hydrogen (secondary N) is 1. The third-order valence-electron chi connectivity index (χ3n) is 2.65. The summed E-state index contributed by atoms with van der Waals surface area (Å²) in [6.07, 6.45) is 0.222. The maximum atomic E-state index is 13.9. The first-order chi connectivity index (χ1) is 5.62. The second-order valence-corrected chi connectivity index (χ2v) is 4.16. The number of cyclic esters (lactones) is 1.